The lowest BCUT2D eigenvalue weighted by atomic mass is 10.0. The predicted molar refractivity (Wildman–Crippen MR) is 98.6 cm³/mol. The van der Waals surface area contributed by atoms with Crippen LogP contribution in [0.25, 0.3) is 0 Å². The summed E-state index contributed by atoms with van der Waals surface area (Å²) in [6, 6.07) is 4.70. The molecule has 0 radical (unpaired) electrons. The molecule has 1 aliphatic heterocycles. The zero-order valence-electron chi connectivity index (χ0n) is 14.7. The number of benzene rings is 1. The Morgan fingerprint density at radius 3 is 2.48 bits per heavy atom. The molecule has 0 saturated carbocycles. The summed E-state index contributed by atoms with van der Waals surface area (Å²) < 4.78 is 32.3. The number of halogens is 1. The van der Waals surface area contributed by atoms with Gasteiger partial charge in [-0.3, -0.25) is 4.79 Å². The predicted octanol–water partition coefficient (Wildman–Crippen LogP) is 0.905. The van der Waals surface area contributed by atoms with Crippen molar-refractivity contribution in [2.45, 2.75) is 31.2 Å². The Bertz CT molecular complexity index is 716. The van der Waals surface area contributed by atoms with E-state index in [0.717, 1.165) is 0 Å². The molecule has 1 amide bonds. The van der Waals surface area contributed by atoms with E-state index in [2.05, 4.69) is 5.32 Å². The van der Waals surface area contributed by atoms with E-state index in [-0.39, 0.29) is 29.8 Å². The minimum atomic E-state index is -3.65. The number of rotatable bonds is 5. The van der Waals surface area contributed by atoms with Crippen molar-refractivity contribution in [3.05, 3.63) is 29.3 Å². The highest BCUT2D eigenvalue weighted by Crippen LogP contribution is 2.22. The first-order chi connectivity index (χ1) is 11.2. The van der Waals surface area contributed by atoms with Crippen molar-refractivity contribution in [1.29, 1.82) is 0 Å². The van der Waals surface area contributed by atoms with Crippen molar-refractivity contribution >= 4 is 28.3 Å². The van der Waals surface area contributed by atoms with E-state index in [1.165, 1.54) is 10.4 Å². The Labute approximate surface area is 155 Å². The van der Waals surface area contributed by atoms with Gasteiger partial charge < -0.3 is 15.8 Å². The van der Waals surface area contributed by atoms with Crippen LogP contribution in [0.15, 0.2) is 23.1 Å². The fourth-order valence-electron chi connectivity index (χ4n) is 2.38. The molecule has 0 aliphatic carbocycles. The summed E-state index contributed by atoms with van der Waals surface area (Å²) in [7, 11) is -3.65. The van der Waals surface area contributed by atoms with E-state index >= 15 is 0 Å². The van der Waals surface area contributed by atoms with Crippen molar-refractivity contribution in [2.24, 2.45) is 5.73 Å². The van der Waals surface area contributed by atoms with Gasteiger partial charge in [-0.25, -0.2) is 8.42 Å². The van der Waals surface area contributed by atoms with Crippen LogP contribution in [0.1, 0.15) is 29.8 Å². The van der Waals surface area contributed by atoms with E-state index in [1.807, 2.05) is 13.8 Å². The van der Waals surface area contributed by atoms with Crippen molar-refractivity contribution in [3.8, 4) is 0 Å². The number of amides is 1. The number of sulfonamides is 1. The number of aryl methyl sites for hydroxylation is 1. The van der Waals surface area contributed by atoms with Gasteiger partial charge in [0.25, 0.3) is 5.91 Å². The van der Waals surface area contributed by atoms with Crippen LogP contribution in [-0.4, -0.2) is 57.0 Å². The van der Waals surface area contributed by atoms with Gasteiger partial charge in [0.1, 0.15) is 0 Å². The summed E-state index contributed by atoms with van der Waals surface area (Å²) in [6.45, 7) is 7.01. The highest BCUT2D eigenvalue weighted by molar-refractivity contribution is 7.89. The fraction of sp³-hybridized carbons (Fsp3) is 0.562. The lowest BCUT2D eigenvalue weighted by Crippen LogP contribution is -2.48. The number of ether oxygens (including phenoxy) is 1. The summed E-state index contributed by atoms with van der Waals surface area (Å²) in [4.78, 5) is 12.5. The molecule has 1 fully saturated rings. The number of nitrogens with one attached hydrogen (secondary N) is 1. The number of nitrogens with zero attached hydrogens (tertiary/aromatic N) is 1. The average Bonchev–Trinajstić information content (AvgIpc) is 2.55. The number of hydrogen-bond donors (Lipinski definition) is 2. The Morgan fingerprint density at radius 1 is 1.32 bits per heavy atom. The molecule has 0 spiro atoms. The van der Waals surface area contributed by atoms with E-state index in [4.69, 9.17) is 10.5 Å². The molecule has 1 heterocycles. The van der Waals surface area contributed by atoms with Crippen LogP contribution < -0.4 is 11.1 Å². The van der Waals surface area contributed by atoms with E-state index in [1.54, 1.807) is 19.1 Å². The van der Waals surface area contributed by atoms with Gasteiger partial charge in [0.05, 0.1) is 18.1 Å². The lowest BCUT2D eigenvalue weighted by Gasteiger charge is -2.27. The minimum Gasteiger partial charge on any atom is -0.379 e. The number of carbonyl (C=O) groups excluding carboxylic acids is 1. The zero-order chi connectivity index (χ0) is 18.0. The van der Waals surface area contributed by atoms with Crippen LogP contribution in [0.5, 0.6) is 0 Å². The molecule has 1 aromatic carbocycles. The second-order valence-electron chi connectivity index (χ2n) is 6.54. The van der Waals surface area contributed by atoms with Crippen LogP contribution in [0.3, 0.4) is 0 Å². The van der Waals surface area contributed by atoms with Crippen LogP contribution in [0.2, 0.25) is 0 Å². The van der Waals surface area contributed by atoms with Gasteiger partial charge in [-0.05, 0) is 38.5 Å². The maximum atomic E-state index is 12.8. The van der Waals surface area contributed by atoms with Crippen molar-refractivity contribution < 1.29 is 17.9 Å². The second kappa shape index (κ2) is 8.46. The highest BCUT2D eigenvalue weighted by Gasteiger charge is 2.29. The zero-order valence-corrected chi connectivity index (χ0v) is 16.4. The topological polar surface area (TPSA) is 102 Å². The number of morpholine rings is 1. The SMILES string of the molecule is Cc1ccc(C(=O)NC(C)(C)CN)cc1S(=O)(=O)N1CCOCC1.Cl. The molecule has 2 rings (SSSR count). The third-order valence-corrected chi connectivity index (χ3v) is 6.04. The molecule has 25 heavy (non-hydrogen) atoms. The van der Waals surface area contributed by atoms with Gasteiger partial charge >= 0.3 is 0 Å². The first-order valence-electron chi connectivity index (χ1n) is 7.88. The van der Waals surface area contributed by atoms with Crippen molar-refractivity contribution in [1.82, 2.24) is 9.62 Å². The van der Waals surface area contributed by atoms with Gasteiger partial charge in [-0.1, -0.05) is 6.07 Å². The van der Waals surface area contributed by atoms with E-state index < -0.39 is 15.6 Å². The lowest BCUT2D eigenvalue weighted by molar-refractivity contribution is 0.0730. The summed E-state index contributed by atoms with van der Waals surface area (Å²) in [6.07, 6.45) is 0. The van der Waals surface area contributed by atoms with Crippen LogP contribution in [0.4, 0.5) is 0 Å². The molecule has 3 N–H and O–H groups in total. The minimum absolute atomic E-state index is 0. The van der Waals surface area contributed by atoms with Crippen LogP contribution in [0, 0.1) is 6.92 Å². The van der Waals surface area contributed by atoms with E-state index in [0.29, 0.717) is 37.4 Å². The molecule has 1 aromatic rings. The smallest absolute Gasteiger partial charge is 0.251 e. The molecule has 0 unspecified atom stereocenters. The average molecular weight is 392 g/mol. The molecule has 1 aliphatic rings. The third-order valence-electron chi connectivity index (χ3n) is 4.00. The normalized spacial score (nSPS) is 16.2. The largest absolute Gasteiger partial charge is 0.379 e. The van der Waals surface area contributed by atoms with Gasteiger partial charge in [0, 0.05) is 30.7 Å². The summed E-state index contributed by atoms with van der Waals surface area (Å²) in [5.41, 5.74) is 5.97. The molecule has 9 heteroatoms. The molecular weight excluding hydrogens is 366 g/mol. The molecular formula is C16H26ClN3O4S. The van der Waals surface area contributed by atoms with Crippen LogP contribution >= 0.6 is 12.4 Å². The van der Waals surface area contributed by atoms with Gasteiger partial charge in [0.2, 0.25) is 10.0 Å². The summed E-state index contributed by atoms with van der Waals surface area (Å²) in [5.74, 6) is -0.344. The molecule has 0 bridgehead atoms. The maximum absolute atomic E-state index is 12.8. The highest BCUT2D eigenvalue weighted by atomic mass is 35.5. The molecule has 142 valence electrons. The first kappa shape index (κ1) is 21.9. The van der Waals surface area contributed by atoms with Gasteiger partial charge in [0.15, 0.2) is 0 Å². The maximum Gasteiger partial charge on any atom is 0.251 e. The Balaban J connectivity index is 0.00000312. The Morgan fingerprint density at radius 2 is 1.92 bits per heavy atom. The van der Waals surface area contributed by atoms with E-state index in [9.17, 15) is 13.2 Å². The Kier molecular flexibility index (Phi) is 7.40. The Hall–Kier alpha value is -1.19. The standard InChI is InChI=1S/C16H25N3O4S.ClH/c1-12-4-5-13(15(20)18-16(2,3)11-17)10-14(12)24(21,22)19-6-8-23-9-7-19;/h4-5,10H,6-9,11,17H2,1-3H3,(H,18,20);1H. The van der Waals surface area contributed by atoms with Gasteiger partial charge in [-0.2, -0.15) is 4.31 Å². The van der Waals surface area contributed by atoms with Crippen molar-refractivity contribution in [3.63, 3.8) is 0 Å². The van der Waals surface area contributed by atoms with Crippen molar-refractivity contribution in [2.75, 3.05) is 32.8 Å². The monoisotopic (exact) mass is 391 g/mol. The quantitative estimate of drug-likeness (QED) is 0.776. The molecule has 0 atom stereocenters. The van der Waals surface area contributed by atoms with Gasteiger partial charge in [-0.15, -0.1) is 12.4 Å². The number of nitrogens with two attached hydrogens (primary N) is 1. The van der Waals surface area contributed by atoms with Crippen LogP contribution in [-0.2, 0) is 14.8 Å². The summed E-state index contributed by atoms with van der Waals surface area (Å²) in [5, 5.41) is 2.81. The number of hydrogen-bond acceptors (Lipinski definition) is 5. The molecule has 1 saturated heterocycles. The number of carbonyl (C=O) groups is 1. The molecule has 0 aromatic heterocycles. The fourth-order valence-corrected chi connectivity index (χ4v) is 4.03. The molecule has 7 nitrogen and oxygen atoms in total. The summed E-state index contributed by atoms with van der Waals surface area (Å²) >= 11 is 0. The second-order valence-corrected chi connectivity index (χ2v) is 8.45. The first-order valence-corrected chi connectivity index (χ1v) is 9.32. The third kappa shape index (κ3) is 5.15.